The molecule has 19 heavy (non-hydrogen) atoms. The number of fused-ring (bicyclic) bond motifs is 2. The van der Waals surface area contributed by atoms with Crippen LogP contribution in [-0.2, 0) is 12.8 Å². The number of aromatic nitrogens is 1. The van der Waals surface area contributed by atoms with E-state index in [2.05, 4.69) is 0 Å². The molecule has 3 aromatic rings. The summed E-state index contributed by atoms with van der Waals surface area (Å²) in [5.41, 5.74) is 9.80. The maximum absolute atomic E-state index is 6.19. The first kappa shape index (κ1) is 11.7. The third-order valence-corrected chi connectivity index (χ3v) is 5.90. The van der Waals surface area contributed by atoms with E-state index in [1.54, 1.807) is 22.7 Å². The van der Waals surface area contributed by atoms with Crippen molar-refractivity contribution < 1.29 is 0 Å². The molecule has 0 fully saturated rings. The fraction of sp³-hybridized carbons (Fsp3) is 0.214. The molecular formula is C14H11ClN2S2. The molecule has 0 saturated heterocycles. The minimum atomic E-state index is 0.756. The number of anilines is 1. The Morgan fingerprint density at radius 1 is 1.21 bits per heavy atom. The molecule has 5 heteroatoms. The van der Waals surface area contributed by atoms with Crippen molar-refractivity contribution in [3.63, 3.8) is 0 Å². The molecule has 0 aliphatic heterocycles. The number of thiazole rings is 1. The van der Waals surface area contributed by atoms with Crippen LogP contribution in [0.3, 0.4) is 0 Å². The van der Waals surface area contributed by atoms with Crippen molar-refractivity contribution in [2.45, 2.75) is 19.3 Å². The third-order valence-electron chi connectivity index (χ3n) is 3.51. The van der Waals surface area contributed by atoms with Gasteiger partial charge in [0, 0.05) is 15.5 Å². The summed E-state index contributed by atoms with van der Waals surface area (Å²) in [5.74, 6) is 0. The maximum atomic E-state index is 6.19. The van der Waals surface area contributed by atoms with Crippen molar-refractivity contribution in [3.8, 4) is 10.6 Å². The third kappa shape index (κ3) is 1.78. The molecule has 1 aliphatic rings. The Kier molecular flexibility index (Phi) is 2.59. The van der Waals surface area contributed by atoms with Gasteiger partial charge in [-0.05, 0) is 43.0 Å². The van der Waals surface area contributed by atoms with E-state index in [1.165, 1.54) is 28.8 Å². The van der Waals surface area contributed by atoms with Gasteiger partial charge in [-0.2, -0.15) is 0 Å². The first-order valence-corrected chi connectivity index (χ1v) is 8.20. The lowest BCUT2D eigenvalue weighted by molar-refractivity contribution is 0.915. The topological polar surface area (TPSA) is 38.9 Å². The summed E-state index contributed by atoms with van der Waals surface area (Å²) in [6.07, 6.45) is 3.54. The van der Waals surface area contributed by atoms with E-state index >= 15 is 0 Å². The van der Waals surface area contributed by atoms with Crippen LogP contribution in [0.15, 0.2) is 18.2 Å². The smallest absolute Gasteiger partial charge is 0.127 e. The van der Waals surface area contributed by atoms with Crippen molar-refractivity contribution in [2.75, 3.05) is 5.73 Å². The van der Waals surface area contributed by atoms with E-state index in [1.807, 2.05) is 18.2 Å². The molecule has 2 heterocycles. The predicted molar refractivity (Wildman–Crippen MR) is 84.4 cm³/mol. The van der Waals surface area contributed by atoms with E-state index in [4.69, 9.17) is 22.3 Å². The summed E-state index contributed by atoms with van der Waals surface area (Å²) in [5, 5.41) is 2.70. The molecule has 0 saturated carbocycles. The van der Waals surface area contributed by atoms with E-state index in [0.717, 1.165) is 31.7 Å². The van der Waals surface area contributed by atoms with Crippen molar-refractivity contribution in [1.29, 1.82) is 0 Å². The largest absolute Gasteiger partial charge is 0.390 e. The van der Waals surface area contributed by atoms with Crippen molar-refractivity contribution in [1.82, 2.24) is 4.98 Å². The lowest BCUT2D eigenvalue weighted by Crippen LogP contribution is -1.87. The van der Waals surface area contributed by atoms with Gasteiger partial charge in [0.2, 0.25) is 0 Å². The van der Waals surface area contributed by atoms with Gasteiger partial charge in [0.25, 0.3) is 0 Å². The molecule has 2 nitrogen and oxygen atoms in total. The molecule has 0 bridgehead atoms. The zero-order chi connectivity index (χ0) is 13.0. The lowest BCUT2D eigenvalue weighted by atomic mass is 10.1. The summed E-state index contributed by atoms with van der Waals surface area (Å²) < 4.78 is 1.12. The molecule has 4 rings (SSSR count). The number of rotatable bonds is 1. The predicted octanol–water partition coefficient (Wildman–Crippen LogP) is 4.75. The lowest BCUT2D eigenvalue weighted by Gasteiger charge is -1.98. The molecule has 0 amide bonds. The minimum Gasteiger partial charge on any atom is -0.390 e. The van der Waals surface area contributed by atoms with Crippen LogP contribution in [0.25, 0.3) is 20.8 Å². The SMILES string of the molecule is Nc1sc2c(c1-c1nc3ccc(Cl)cc3s1)CCC2. The van der Waals surface area contributed by atoms with Gasteiger partial charge in [0.05, 0.1) is 15.2 Å². The second kappa shape index (κ2) is 4.20. The van der Waals surface area contributed by atoms with E-state index in [0.29, 0.717) is 0 Å². The number of hydrogen-bond donors (Lipinski definition) is 1. The molecule has 2 N–H and O–H groups in total. The van der Waals surface area contributed by atoms with Crippen molar-refractivity contribution in [2.24, 2.45) is 0 Å². The zero-order valence-corrected chi connectivity index (χ0v) is 12.5. The number of aryl methyl sites for hydroxylation is 1. The molecule has 1 aliphatic carbocycles. The van der Waals surface area contributed by atoms with Gasteiger partial charge in [-0.25, -0.2) is 4.98 Å². The van der Waals surface area contributed by atoms with Crippen LogP contribution in [0.1, 0.15) is 16.9 Å². The summed E-state index contributed by atoms with van der Waals surface area (Å²) >= 11 is 9.44. The summed E-state index contributed by atoms with van der Waals surface area (Å²) in [6, 6.07) is 5.83. The van der Waals surface area contributed by atoms with Crippen LogP contribution in [0.4, 0.5) is 5.00 Å². The van der Waals surface area contributed by atoms with E-state index in [-0.39, 0.29) is 0 Å². The van der Waals surface area contributed by atoms with Crippen LogP contribution in [0.2, 0.25) is 5.02 Å². The van der Waals surface area contributed by atoms with Crippen LogP contribution in [0.5, 0.6) is 0 Å². The Morgan fingerprint density at radius 3 is 3.00 bits per heavy atom. The number of thiophene rings is 1. The quantitative estimate of drug-likeness (QED) is 0.704. The number of nitrogen functional groups attached to an aromatic ring is 1. The molecule has 96 valence electrons. The Bertz CT molecular complexity index is 788. The summed E-state index contributed by atoms with van der Waals surface area (Å²) in [4.78, 5) is 6.17. The van der Waals surface area contributed by atoms with E-state index < -0.39 is 0 Å². The van der Waals surface area contributed by atoms with Gasteiger partial charge in [-0.3, -0.25) is 0 Å². The highest BCUT2D eigenvalue weighted by molar-refractivity contribution is 7.22. The highest BCUT2D eigenvalue weighted by atomic mass is 35.5. The first-order chi connectivity index (χ1) is 9.22. The van der Waals surface area contributed by atoms with Crippen LogP contribution in [-0.4, -0.2) is 4.98 Å². The Balaban J connectivity index is 1.95. The molecular weight excluding hydrogens is 296 g/mol. The molecule has 1 aromatic carbocycles. The van der Waals surface area contributed by atoms with E-state index in [9.17, 15) is 0 Å². The van der Waals surface area contributed by atoms with Crippen LogP contribution >= 0.6 is 34.3 Å². The van der Waals surface area contributed by atoms with Gasteiger partial charge >= 0.3 is 0 Å². The second-order valence-electron chi connectivity index (χ2n) is 4.73. The standard InChI is InChI=1S/C14H11ClN2S2/c15-7-4-5-9-11(6-7)19-14(17-9)12-8-2-1-3-10(8)18-13(12)16/h4-6H,1-3,16H2. The zero-order valence-electron chi connectivity index (χ0n) is 10.1. The van der Waals surface area contributed by atoms with Gasteiger partial charge in [0.1, 0.15) is 5.01 Å². The number of benzene rings is 1. The molecule has 0 unspecified atom stereocenters. The normalized spacial score (nSPS) is 14.2. The molecule has 0 spiro atoms. The summed E-state index contributed by atoms with van der Waals surface area (Å²) in [6.45, 7) is 0. The summed E-state index contributed by atoms with van der Waals surface area (Å²) in [7, 11) is 0. The average Bonchev–Trinajstić information content (AvgIpc) is 3.01. The Hall–Kier alpha value is -1.10. The highest BCUT2D eigenvalue weighted by Crippen LogP contribution is 2.45. The van der Waals surface area contributed by atoms with Gasteiger partial charge in [-0.15, -0.1) is 22.7 Å². The van der Waals surface area contributed by atoms with Gasteiger partial charge < -0.3 is 5.73 Å². The average molecular weight is 307 g/mol. The number of hydrogen-bond acceptors (Lipinski definition) is 4. The van der Waals surface area contributed by atoms with Crippen LogP contribution < -0.4 is 5.73 Å². The molecule has 0 radical (unpaired) electrons. The highest BCUT2D eigenvalue weighted by Gasteiger charge is 2.23. The number of halogens is 1. The van der Waals surface area contributed by atoms with Gasteiger partial charge in [0.15, 0.2) is 0 Å². The minimum absolute atomic E-state index is 0.756. The Labute approximate surface area is 123 Å². The van der Waals surface area contributed by atoms with Crippen molar-refractivity contribution in [3.05, 3.63) is 33.7 Å². The number of nitrogens with zero attached hydrogens (tertiary/aromatic N) is 1. The first-order valence-electron chi connectivity index (χ1n) is 6.19. The monoisotopic (exact) mass is 306 g/mol. The second-order valence-corrected chi connectivity index (χ2v) is 7.33. The van der Waals surface area contributed by atoms with Crippen LogP contribution in [0, 0.1) is 0 Å². The molecule has 0 atom stereocenters. The fourth-order valence-corrected chi connectivity index (χ4v) is 5.22. The van der Waals surface area contributed by atoms with Gasteiger partial charge in [-0.1, -0.05) is 11.6 Å². The maximum Gasteiger partial charge on any atom is 0.127 e. The number of nitrogens with two attached hydrogens (primary N) is 1. The Morgan fingerprint density at radius 2 is 2.11 bits per heavy atom. The molecule has 2 aromatic heterocycles. The fourth-order valence-electron chi connectivity index (χ4n) is 2.67. The van der Waals surface area contributed by atoms with Crippen molar-refractivity contribution >= 4 is 49.5 Å².